The fourth-order valence-corrected chi connectivity index (χ4v) is 3.61. The minimum Gasteiger partial charge on any atom is -0.299 e. The third kappa shape index (κ3) is 1.74. The molecule has 0 aliphatic heterocycles. The van der Waals surface area contributed by atoms with Gasteiger partial charge in [0.25, 0.3) is 0 Å². The van der Waals surface area contributed by atoms with Crippen LogP contribution in [0.5, 0.6) is 0 Å². The Bertz CT molecular complexity index is 305. The van der Waals surface area contributed by atoms with Gasteiger partial charge in [-0.15, -0.1) is 0 Å². The van der Waals surface area contributed by atoms with E-state index in [1.54, 1.807) is 0 Å². The molecule has 0 aromatic carbocycles. The Labute approximate surface area is 99.3 Å². The molecule has 1 heteroatoms. The molecule has 2 rings (SSSR count). The standard InChI is InChI=1S/C15H24O/c1-11-7-4-5-9-13-10-6-8-12(2)15(13,3)14(11)16/h6,8,11-13H,4-5,7,9-10H2,1-3H3/t11-,12-,13+,15-/m1/s1. The Morgan fingerprint density at radius 2 is 1.94 bits per heavy atom. The molecule has 0 amide bonds. The SMILES string of the molecule is C[C@@H]1CCCC[C@H]2CC=C[C@@H](C)[C@@]2(C)C1=O. The fourth-order valence-electron chi connectivity index (χ4n) is 3.61. The van der Waals surface area contributed by atoms with E-state index in [4.69, 9.17) is 0 Å². The van der Waals surface area contributed by atoms with Gasteiger partial charge in [-0.05, 0) is 31.1 Å². The third-order valence-electron chi connectivity index (χ3n) is 5.06. The number of Topliss-reactive ketones (excluding diaryl/α,β-unsaturated/α-hetero) is 1. The molecular weight excluding hydrogens is 196 g/mol. The lowest BCUT2D eigenvalue weighted by atomic mass is 9.57. The van der Waals surface area contributed by atoms with Crippen molar-refractivity contribution >= 4 is 5.78 Å². The van der Waals surface area contributed by atoms with Gasteiger partial charge in [0.05, 0.1) is 0 Å². The van der Waals surface area contributed by atoms with Crippen LogP contribution in [0.15, 0.2) is 12.2 Å². The van der Waals surface area contributed by atoms with Gasteiger partial charge in [0.2, 0.25) is 0 Å². The van der Waals surface area contributed by atoms with Gasteiger partial charge in [0.1, 0.15) is 5.78 Å². The molecule has 0 bridgehead atoms. The molecule has 1 saturated carbocycles. The van der Waals surface area contributed by atoms with E-state index in [1.807, 2.05) is 0 Å². The molecule has 2 aliphatic rings. The quantitative estimate of drug-likeness (QED) is 0.564. The molecule has 0 spiro atoms. The van der Waals surface area contributed by atoms with Crippen LogP contribution in [0.4, 0.5) is 0 Å². The van der Waals surface area contributed by atoms with Gasteiger partial charge in [-0.25, -0.2) is 0 Å². The first-order valence-corrected chi connectivity index (χ1v) is 6.77. The highest BCUT2D eigenvalue weighted by Gasteiger charge is 2.47. The van der Waals surface area contributed by atoms with E-state index in [0.717, 1.165) is 12.8 Å². The first-order valence-electron chi connectivity index (χ1n) is 6.77. The van der Waals surface area contributed by atoms with Gasteiger partial charge in [0, 0.05) is 11.3 Å². The Morgan fingerprint density at radius 3 is 2.69 bits per heavy atom. The predicted molar refractivity (Wildman–Crippen MR) is 67.2 cm³/mol. The number of rotatable bonds is 0. The molecule has 0 heterocycles. The first kappa shape index (κ1) is 11.9. The third-order valence-corrected chi connectivity index (χ3v) is 5.06. The zero-order valence-corrected chi connectivity index (χ0v) is 10.8. The summed E-state index contributed by atoms with van der Waals surface area (Å²) in [5, 5.41) is 0. The fraction of sp³-hybridized carbons (Fsp3) is 0.800. The second kappa shape index (κ2) is 4.35. The number of fused-ring (bicyclic) bond motifs is 1. The first-order chi connectivity index (χ1) is 7.56. The van der Waals surface area contributed by atoms with Gasteiger partial charge < -0.3 is 0 Å². The molecule has 0 unspecified atom stereocenters. The summed E-state index contributed by atoms with van der Waals surface area (Å²) in [6.45, 7) is 6.56. The number of carbonyl (C=O) groups is 1. The van der Waals surface area contributed by atoms with Crippen LogP contribution in [0.1, 0.15) is 52.9 Å². The molecule has 4 atom stereocenters. The smallest absolute Gasteiger partial charge is 0.142 e. The number of hydrogen-bond donors (Lipinski definition) is 0. The summed E-state index contributed by atoms with van der Waals surface area (Å²) in [6.07, 6.45) is 10.5. The van der Waals surface area contributed by atoms with Crippen LogP contribution in [0.3, 0.4) is 0 Å². The number of ketones is 1. The largest absolute Gasteiger partial charge is 0.299 e. The van der Waals surface area contributed by atoms with Gasteiger partial charge in [-0.2, -0.15) is 0 Å². The van der Waals surface area contributed by atoms with Crippen molar-refractivity contribution in [2.75, 3.05) is 0 Å². The van der Waals surface area contributed by atoms with Gasteiger partial charge in [-0.1, -0.05) is 45.8 Å². The van der Waals surface area contributed by atoms with Gasteiger partial charge in [-0.3, -0.25) is 4.79 Å². The van der Waals surface area contributed by atoms with Crippen LogP contribution in [-0.4, -0.2) is 5.78 Å². The molecule has 16 heavy (non-hydrogen) atoms. The normalized spacial score (nSPS) is 44.7. The molecule has 2 aliphatic carbocycles. The minimum absolute atomic E-state index is 0.0887. The Kier molecular flexibility index (Phi) is 3.23. The molecule has 1 fully saturated rings. The van der Waals surface area contributed by atoms with E-state index >= 15 is 0 Å². The molecule has 90 valence electrons. The maximum atomic E-state index is 12.6. The Balaban J connectivity index is 2.34. The number of carbonyl (C=O) groups excluding carboxylic acids is 1. The average molecular weight is 220 g/mol. The van der Waals surface area contributed by atoms with Crippen molar-refractivity contribution in [1.29, 1.82) is 0 Å². The monoisotopic (exact) mass is 220 g/mol. The summed E-state index contributed by atoms with van der Waals surface area (Å²) in [5.74, 6) is 1.79. The lowest BCUT2D eigenvalue weighted by molar-refractivity contribution is -0.138. The van der Waals surface area contributed by atoms with Crippen molar-refractivity contribution < 1.29 is 4.79 Å². The average Bonchev–Trinajstić information content (AvgIpc) is 2.27. The maximum absolute atomic E-state index is 12.6. The molecule has 1 nitrogen and oxygen atoms in total. The van der Waals surface area contributed by atoms with Gasteiger partial charge in [0.15, 0.2) is 0 Å². The predicted octanol–water partition coefficient (Wildman–Crippen LogP) is 3.98. The zero-order chi connectivity index (χ0) is 11.8. The summed E-state index contributed by atoms with van der Waals surface area (Å²) < 4.78 is 0. The summed E-state index contributed by atoms with van der Waals surface area (Å²) >= 11 is 0. The highest BCUT2D eigenvalue weighted by Crippen LogP contribution is 2.48. The molecule has 0 aromatic rings. The van der Waals surface area contributed by atoms with Crippen LogP contribution in [0.2, 0.25) is 0 Å². The van der Waals surface area contributed by atoms with E-state index in [-0.39, 0.29) is 11.3 Å². The Hall–Kier alpha value is -0.590. The molecule has 0 aromatic heterocycles. The summed E-state index contributed by atoms with van der Waals surface area (Å²) in [5.41, 5.74) is -0.0887. The van der Waals surface area contributed by atoms with E-state index in [2.05, 4.69) is 32.9 Å². The van der Waals surface area contributed by atoms with Crippen molar-refractivity contribution in [2.24, 2.45) is 23.2 Å². The van der Waals surface area contributed by atoms with Crippen molar-refractivity contribution in [2.45, 2.75) is 52.9 Å². The van der Waals surface area contributed by atoms with Crippen LogP contribution < -0.4 is 0 Å². The second-order valence-corrected chi connectivity index (χ2v) is 5.98. The highest BCUT2D eigenvalue weighted by atomic mass is 16.1. The highest BCUT2D eigenvalue weighted by molar-refractivity contribution is 5.87. The van der Waals surface area contributed by atoms with E-state index in [0.29, 0.717) is 17.6 Å². The number of hydrogen-bond acceptors (Lipinski definition) is 1. The van der Waals surface area contributed by atoms with Crippen molar-refractivity contribution in [3.8, 4) is 0 Å². The van der Waals surface area contributed by atoms with Crippen molar-refractivity contribution in [3.05, 3.63) is 12.2 Å². The minimum atomic E-state index is -0.0887. The summed E-state index contributed by atoms with van der Waals surface area (Å²) in [6, 6.07) is 0. The zero-order valence-electron chi connectivity index (χ0n) is 10.8. The molecule has 0 N–H and O–H groups in total. The van der Waals surface area contributed by atoms with Crippen LogP contribution in [0.25, 0.3) is 0 Å². The molecule has 0 radical (unpaired) electrons. The van der Waals surface area contributed by atoms with Crippen LogP contribution >= 0.6 is 0 Å². The van der Waals surface area contributed by atoms with E-state index in [1.165, 1.54) is 19.3 Å². The van der Waals surface area contributed by atoms with E-state index in [9.17, 15) is 4.79 Å². The van der Waals surface area contributed by atoms with Crippen molar-refractivity contribution in [3.63, 3.8) is 0 Å². The summed E-state index contributed by atoms with van der Waals surface area (Å²) in [4.78, 5) is 12.6. The molecular formula is C15H24O. The lowest BCUT2D eigenvalue weighted by Gasteiger charge is -2.45. The van der Waals surface area contributed by atoms with E-state index < -0.39 is 0 Å². The van der Waals surface area contributed by atoms with Crippen LogP contribution in [-0.2, 0) is 4.79 Å². The molecule has 0 saturated heterocycles. The Morgan fingerprint density at radius 1 is 1.25 bits per heavy atom. The lowest BCUT2D eigenvalue weighted by Crippen LogP contribution is -2.46. The van der Waals surface area contributed by atoms with Gasteiger partial charge >= 0.3 is 0 Å². The topological polar surface area (TPSA) is 17.1 Å². The number of allylic oxidation sites excluding steroid dienone is 2. The van der Waals surface area contributed by atoms with Crippen molar-refractivity contribution in [1.82, 2.24) is 0 Å². The summed E-state index contributed by atoms with van der Waals surface area (Å²) in [7, 11) is 0. The maximum Gasteiger partial charge on any atom is 0.142 e. The van der Waals surface area contributed by atoms with Crippen LogP contribution in [0, 0.1) is 23.2 Å². The second-order valence-electron chi connectivity index (χ2n) is 5.98.